The van der Waals surface area contributed by atoms with Crippen molar-refractivity contribution in [2.24, 2.45) is 5.11 Å². The van der Waals surface area contributed by atoms with Gasteiger partial charge in [0.25, 0.3) is 5.79 Å². The van der Waals surface area contributed by atoms with Gasteiger partial charge in [0.15, 0.2) is 18.9 Å². The van der Waals surface area contributed by atoms with Crippen molar-refractivity contribution in [1.82, 2.24) is 10.6 Å². The molecule has 28 heteroatoms. The highest BCUT2D eigenvalue weighted by atomic mass is 16.8. The van der Waals surface area contributed by atoms with E-state index in [0.717, 1.165) is 13.8 Å². The number of nitrogens with one attached hydrogen (secondary N) is 2. The molecule has 21 atom stereocenters. The van der Waals surface area contributed by atoms with Crippen molar-refractivity contribution in [3.05, 3.63) is 10.4 Å². The first-order chi connectivity index (χ1) is 30.7. The highest BCUT2D eigenvalue weighted by Crippen LogP contribution is 2.39. The summed E-state index contributed by atoms with van der Waals surface area (Å²) < 4.78 is 47.2. The molecule has 0 radical (unpaired) electrons. The minimum absolute atomic E-state index is 0.00714. The van der Waals surface area contributed by atoms with E-state index >= 15 is 0 Å². The van der Waals surface area contributed by atoms with Gasteiger partial charge in [-0.1, -0.05) is 18.0 Å². The van der Waals surface area contributed by atoms with Crippen LogP contribution in [0, 0.1) is 0 Å². The normalized spacial score (nSPS) is 40.8. The summed E-state index contributed by atoms with van der Waals surface area (Å²) in [6.45, 7) is 0.749. The van der Waals surface area contributed by atoms with Gasteiger partial charge >= 0.3 is 5.97 Å². The molecule has 374 valence electrons. The zero-order valence-corrected chi connectivity index (χ0v) is 35.8. The first-order valence-electron chi connectivity index (χ1n) is 21.1. The van der Waals surface area contributed by atoms with Gasteiger partial charge in [-0.15, -0.1) is 0 Å². The maximum Gasteiger partial charge on any atom is 0.364 e. The molecule has 0 spiro atoms. The third-order valence-corrected chi connectivity index (χ3v) is 11.4. The van der Waals surface area contributed by atoms with Crippen LogP contribution in [0.15, 0.2) is 5.11 Å². The van der Waals surface area contributed by atoms with Crippen molar-refractivity contribution in [1.29, 1.82) is 0 Å². The van der Waals surface area contributed by atoms with Crippen molar-refractivity contribution in [2.45, 2.75) is 181 Å². The highest BCUT2D eigenvalue weighted by molar-refractivity contribution is 5.76. The maximum atomic E-state index is 13.0. The molecule has 4 rings (SSSR count). The molecular weight excluding hydrogens is 882 g/mol. The van der Waals surface area contributed by atoms with Gasteiger partial charge in [-0.05, 0) is 25.3 Å². The highest BCUT2D eigenvalue weighted by Gasteiger charge is 2.61. The lowest BCUT2D eigenvalue weighted by Gasteiger charge is -2.51. The number of aliphatic carboxylic acids is 1. The SMILES string of the molecule is CC(=O)N[C@H]1[C@H](OCCCCCCN=[N+]=[N-])O[C@H](CO)[C@@H](O[C@@H]2O[C@H](CO)[C@H](O)[C@H](O[C@]3(C(=O)O)C[C@H](O)[C@@H](NC(C)=O)[C@H]([C@H](O)[C@H](O)CO)O3)[C@H]2O)[C@@H]1O[C@@H]1O[C@@H](C)[C@@H](O)[C@@H](O)[C@@H]1O. The molecule has 4 fully saturated rings. The molecule has 0 aromatic heterocycles. The Morgan fingerprint density at radius 1 is 0.769 bits per heavy atom. The van der Waals surface area contributed by atoms with Crippen LogP contribution in [0.4, 0.5) is 0 Å². The van der Waals surface area contributed by atoms with Gasteiger partial charge in [0, 0.05) is 38.3 Å². The molecule has 0 bridgehead atoms. The van der Waals surface area contributed by atoms with E-state index in [1.165, 1.54) is 6.92 Å². The van der Waals surface area contributed by atoms with Crippen molar-refractivity contribution in [3.8, 4) is 0 Å². The predicted octanol–water partition coefficient (Wildman–Crippen LogP) is -6.33. The molecule has 4 heterocycles. The monoisotopic (exact) mass is 945 g/mol. The number of aliphatic hydroxyl groups is 11. The summed E-state index contributed by atoms with van der Waals surface area (Å²) in [4.78, 5) is 40.5. The van der Waals surface area contributed by atoms with E-state index in [4.69, 9.17) is 43.4 Å². The van der Waals surface area contributed by atoms with Crippen LogP contribution in [0.5, 0.6) is 0 Å². The summed E-state index contributed by atoms with van der Waals surface area (Å²) in [7, 11) is 0. The van der Waals surface area contributed by atoms with Gasteiger partial charge in [-0.2, -0.15) is 0 Å². The number of nitrogens with zero attached hydrogens (tertiary/aromatic N) is 3. The number of carboxylic acid groups (broad SMARTS) is 1. The van der Waals surface area contributed by atoms with Crippen molar-refractivity contribution in [2.75, 3.05) is 33.0 Å². The first kappa shape index (κ1) is 54.6. The quantitative estimate of drug-likeness (QED) is 0.0208. The number of carbonyl (C=O) groups is 3. The Labute approximate surface area is 371 Å². The molecule has 0 unspecified atom stereocenters. The molecule has 4 saturated heterocycles. The summed E-state index contributed by atoms with van der Waals surface area (Å²) in [5.41, 5.74) is 8.50. The van der Waals surface area contributed by atoms with Gasteiger partial charge in [-0.3, -0.25) is 9.59 Å². The Hall–Kier alpha value is -3.04. The molecule has 4 aliphatic rings. The molecule has 0 aromatic carbocycles. The van der Waals surface area contributed by atoms with E-state index < -0.39 is 172 Å². The van der Waals surface area contributed by atoms with E-state index in [2.05, 4.69) is 20.7 Å². The average molecular weight is 946 g/mol. The van der Waals surface area contributed by atoms with E-state index in [-0.39, 0.29) is 13.2 Å². The molecular formula is C37H63N5O23. The third-order valence-electron chi connectivity index (χ3n) is 11.4. The molecule has 2 amide bonds. The summed E-state index contributed by atoms with van der Waals surface area (Å²) in [5.74, 6) is -6.62. The largest absolute Gasteiger partial charge is 0.477 e. The Morgan fingerprint density at radius 2 is 1.37 bits per heavy atom. The Bertz CT molecular complexity index is 1590. The lowest BCUT2D eigenvalue weighted by molar-refractivity contribution is -0.391. The van der Waals surface area contributed by atoms with Gasteiger partial charge in [-0.25, -0.2) is 4.79 Å². The molecule has 4 aliphatic heterocycles. The number of aliphatic hydroxyl groups excluding tert-OH is 11. The number of rotatable bonds is 22. The lowest BCUT2D eigenvalue weighted by Crippen LogP contribution is -2.71. The summed E-state index contributed by atoms with van der Waals surface area (Å²) in [6.07, 6.45) is -32.1. The topological polar surface area (TPSA) is 441 Å². The van der Waals surface area contributed by atoms with Crippen LogP contribution in [0.1, 0.15) is 52.9 Å². The second-order valence-electron chi connectivity index (χ2n) is 16.2. The van der Waals surface area contributed by atoms with Crippen LogP contribution in [-0.4, -0.2) is 240 Å². The number of amides is 2. The fourth-order valence-electron chi connectivity index (χ4n) is 8.00. The molecule has 0 saturated carbocycles. The number of hydrogen-bond donors (Lipinski definition) is 14. The number of carboxylic acids is 1. The first-order valence-corrected chi connectivity index (χ1v) is 21.1. The smallest absolute Gasteiger partial charge is 0.364 e. The number of ether oxygens (including phenoxy) is 8. The number of azide groups is 1. The Morgan fingerprint density at radius 3 is 1.97 bits per heavy atom. The maximum absolute atomic E-state index is 13.0. The molecule has 0 aromatic rings. The minimum atomic E-state index is -3.13. The predicted molar refractivity (Wildman–Crippen MR) is 209 cm³/mol. The number of unbranched alkanes of at least 4 members (excludes halogenated alkanes) is 3. The Balaban J connectivity index is 1.71. The fourth-order valence-corrected chi connectivity index (χ4v) is 8.00. The van der Waals surface area contributed by atoms with Crippen LogP contribution in [-0.2, 0) is 52.3 Å². The van der Waals surface area contributed by atoms with Crippen LogP contribution >= 0.6 is 0 Å². The number of carbonyl (C=O) groups excluding carboxylic acids is 2. The zero-order valence-electron chi connectivity index (χ0n) is 35.8. The van der Waals surface area contributed by atoms with Crippen LogP contribution in [0.2, 0.25) is 0 Å². The summed E-state index contributed by atoms with van der Waals surface area (Å²) >= 11 is 0. The van der Waals surface area contributed by atoms with Crippen LogP contribution < -0.4 is 10.6 Å². The van der Waals surface area contributed by atoms with Crippen LogP contribution in [0.25, 0.3) is 10.4 Å². The molecule has 65 heavy (non-hydrogen) atoms. The fraction of sp³-hybridized carbons (Fsp3) is 0.919. The second kappa shape index (κ2) is 24.8. The van der Waals surface area contributed by atoms with Crippen molar-refractivity contribution >= 4 is 17.8 Å². The van der Waals surface area contributed by atoms with E-state index in [0.29, 0.717) is 25.7 Å². The van der Waals surface area contributed by atoms with Crippen LogP contribution in [0.3, 0.4) is 0 Å². The number of hydrogen-bond acceptors (Lipinski definition) is 23. The Kier molecular flexibility index (Phi) is 20.8. The van der Waals surface area contributed by atoms with Gasteiger partial charge < -0.3 is 110 Å². The average Bonchev–Trinajstić information content (AvgIpc) is 3.26. The van der Waals surface area contributed by atoms with E-state index in [1.54, 1.807) is 0 Å². The minimum Gasteiger partial charge on any atom is -0.477 e. The zero-order chi connectivity index (χ0) is 48.3. The van der Waals surface area contributed by atoms with E-state index in [9.17, 15) is 75.7 Å². The van der Waals surface area contributed by atoms with Gasteiger partial charge in [0.2, 0.25) is 11.8 Å². The van der Waals surface area contributed by atoms with Crippen molar-refractivity contribution < 1.29 is 114 Å². The molecule has 0 aliphatic carbocycles. The van der Waals surface area contributed by atoms with E-state index in [1.807, 2.05) is 0 Å². The second-order valence-corrected chi connectivity index (χ2v) is 16.2. The van der Waals surface area contributed by atoms with Gasteiger partial charge in [0.1, 0.15) is 85.4 Å². The molecule has 28 nitrogen and oxygen atoms in total. The third kappa shape index (κ3) is 13.4. The van der Waals surface area contributed by atoms with Gasteiger partial charge in [0.05, 0.1) is 38.1 Å². The van der Waals surface area contributed by atoms with Crippen molar-refractivity contribution in [3.63, 3.8) is 0 Å². The summed E-state index contributed by atoms with van der Waals surface area (Å²) in [5, 5.41) is 137. The summed E-state index contributed by atoms with van der Waals surface area (Å²) in [6, 6.07) is -3.04. The lowest BCUT2D eigenvalue weighted by atomic mass is 9.88. The standard InChI is InChI=1S/C37H63N5O23/c1-14-23(50)26(53)27(54)34(59-14)63-31-22(41-16(3)47)33(58-9-7-5-4-6-8-39-42-38)61-20(13-45)29(31)62-35-28(55)32(25(52)19(12-44)60-35)65-37(36(56)57)10-17(48)21(40-15(2)46)30(64-37)24(51)18(49)11-43/h14,17-35,43-45,48-55H,4-13H2,1-3H3,(H,40,46)(H,41,47)(H,56,57)/t14-,17-,18+,19+,20+,21+,22+,23+,24+,25-,26+,27-,28+,29+,30+,31+,32-,33+,34-,35-,37-/m0/s1. The molecule has 14 N–H and O–H groups in total.